The number of fused-ring (bicyclic) bond motifs is 3. The molecular weight excluding hydrogens is 432 g/mol. The van der Waals surface area contributed by atoms with Crippen LogP contribution in [0, 0.1) is 0 Å². The average Bonchev–Trinajstić information content (AvgIpc) is 3.33. The molecule has 0 spiro atoms. The number of hydrogen-bond donors (Lipinski definition) is 2. The van der Waals surface area contributed by atoms with E-state index in [9.17, 15) is 9.90 Å². The summed E-state index contributed by atoms with van der Waals surface area (Å²) in [5, 5.41) is 13.6. The second-order valence-corrected chi connectivity index (χ2v) is 8.41. The van der Waals surface area contributed by atoms with Crippen molar-refractivity contribution in [1.29, 1.82) is 0 Å². The summed E-state index contributed by atoms with van der Waals surface area (Å²) in [6.07, 6.45) is 4.90. The molecule has 1 saturated heterocycles. The van der Waals surface area contributed by atoms with Crippen molar-refractivity contribution < 1.29 is 19.1 Å². The predicted molar refractivity (Wildman–Crippen MR) is 130 cm³/mol. The molecule has 4 aromatic rings. The van der Waals surface area contributed by atoms with Gasteiger partial charge in [0.2, 0.25) is 0 Å². The Balaban J connectivity index is 1.80. The van der Waals surface area contributed by atoms with E-state index in [1.165, 1.54) is 6.26 Å². The second kappa shape index (κ2) is 9.42. The lowest BCUT2D eigenvalue weighted by atomic mass is 9.89. The third kappa shape index (κ3) is 3.79. The molecular formula is C26H28N4O4. The summed E-state index contributed by atoms with van der Waals surface area (Å²) in [6, 6.07) is 11.1. The quantitative estimate of drug-likeness (QED) is 0.333. The van der Waals surface area contributed by atoms with Crippen LogP contribution in [0.3, 0.4) is 0 Å². The SMILES string of the molecule is CCN1CCN(C(c2ccncc2)c2c(O)c3ccccc3c3occ(C(=O)OCN)c23)CC1. The number of carbonyl (C=O) groups is 1. The first-order valence-corrected chi connectivity index (χ1v) is 11.5. The fraction of sp³-hybridized carbons (Fsp3) is 0.308. The van der Waals surface area contributed by atoms with Gasteiger partial charge in [-0.15, -0.1) is 0 Å². The number of furan rings is 1. The van der Waals surface area contributed by atoms with E-state index in [1.54, 1.807) is 12.4 Å². The number of pyridine rings is 1. The van der Waals surface area contributed by atoms with Gasteiger partial charge in [0.25, 0.3) is 0 Å². The molecule has 0 saturated carbocycles. The predicted octanol–water partition coefficient (Wildman–Crippen LogP) is 3.49. The van der Waals surface area contributed by atoms with Crippen LogP contribution in [0.1, 0.15) is 34.5 Å². The number of aromatic nitrogens is 1. The van der Waals surface area contributed by atoms with Gasteiger partial charge in [0, 0.05) is 60.3 Å². The molecule has 1 aliphatic rings. The highest BCUT2D eigenvalue weighted by Gasteiger charge is 2.33. The molecule has 0 aliphatic carbocycles. The van der Waals surface area contributed by atoms with Crippen molar-refractivity contribution in [2.45, 2.75) is 13.0 Å². The van der Waals surface area contributed by atoms with Gasteiger partial charge in [-0.3, -0.25) is 15.6 Å². The molecule has 0 amide bonds. The minimum atomic E-state index is -0.582. The van der Waals surface area contributed by atoms with E-state index in [-0.39, 0.29) is 24.1 Å². The molecule has 5 rings (SSSR count). The van der Waals surface area contributed by atoms with Crippen LogP contribution in [0.25, 0.3) is 21.7 Å². The lowest BCUT2D eigenvalue weighted by molar-refractivity contribution is 0.0516. The molecule has 0 radical (unpaired) electrons. The molecule has 1 aliphatic heterocycles. The fourth-order valence-electron chi connectivity index (χ4n) is 4.99. The molecule has 1 fully saturated rings. The van der Waals surface area contributed by atoms with Gasteiger partial charge in [0.1, 0.15) is 29.9 Å². The third-order valence-electron chi connectivity index (χ3n) is 6.69. The van der Waals surface area contributed by atoms with E-state index < -0.39 is 5.97 Å². The second-order valence-electron chi connectivity index (χ2n) is 8.41. The maximum Gasteiger partial charge on any atom is 0.343 e. The summed E-state index contributed by atoms with van der Waals surface area (Å²) in [5.41, 5.74) is 7.89. The number of nitrogens with two attached hydrogens (primary N) is 1. The van der Waals surface area contributed by atoms with Crippen LogP contribution >= 0.6 is 0 Å². The Morgan fingerprint density at radius 3 is 2.53 bits per heavy atom. The summed E-state index contributed by atoms with van der Waals surface area (Å²) >= 11 is 0. The summed E-state index contributed by atoms with van der Waals surface area (Å²) in [4.78, 5) is 21.8. The van der Waals surface area contributed by atoms with Crippen molar-refractivity contribution in [2.75, 3.05) is 39.5 Å². The van der Waals surface area contributed by atoms with Crippen LogP contribution in [-0.4, -0.2) is 65.3 Å². The largest absolute Gasteiger partial charge is 0.507 e. The molecule has 2 aromatic heterocycles. The number of esters is 1. The Hall–Kier alpha value is -3.46. The number of phenolic OH excluding ortho intramolecular Hbond substituents is 1. The standard InChI is InChI=1S/C26H28N4O4/c1-2-29-11-13-30(14-12-29)23(17-7-9-28-10-8-17)22-21-20(26(32)34-16-27)15-33-25(21)19-6-4-3-5-18(19)24(22)31/h3-10,15,23,31H,2,11-14,16,27H2,1H3. The van der Waals surface area contributed by atoms with E-state index >= 15 is 0 Å². The minimum Gasteiger partial charge on any atom is -0.507 e. The molecule has 8 heteroatoms. The molecule has 176 valence electrons. The summed E-state index contributed by atoms with van der Waals surface area (Å²) in [6.45, 7) is 6.38. The van der Waals surface area contributed by atoms with Gasteiger partial charge in [-0.1, -0.05) is 31.2 Å². The van der Waals surface area contributed by atoms with Crippen molar-refractivity contribution in [3.8, 4) is 5.75 Å². The van der Waals surface area contributed by atoms with Crippen LogP contribution in [0.4, 0.5) is 0 Å². The highest BCUT2D eigenvalue weighted by Crippen LogP contribution is 2.46. The normalized spacial score (nSPS) is 16.2. The topological polar surface area (TPSA) is 105 Å². The number of aromatic hydroxyl groups is 1. The summed E-state index contributed by atoms with van der Waals surface area (Å²) < 4.78 is 11.1. The van der Waals surface area contributed by atoms with Gasteiger partial charge < -0.3 is 19.2 Å². The number of hydrogen-bond acceptors (Lipinski definition) is 8. The zero-order valence-corrected chi connectivity index (χ0v) is 19.1. The van der Waals surface area contributed by atoms with Crippen molar-refractivity contribution >= 4 is 27.7 Å². The molecule has 8 nitrogen and oxygen atoms in total. The van der Waals surface area contributed by atoms with E-state index in [1.807, 2.05) is 36.4 Å². The Labute approximate surface area is 197 Å². The van der Waals surface area contributed by atoms with Crippen LogP contribution in [0.15, 0.2) is 59.5 Å². The molecule has 1 atom stereocenters. The number of rotatable bonds is 6. The third-order valence-corrected chi connectivity index (χ3v) is 6.69. The Morgan fingerprint density at radius 1 is 1.15 bits per heavy atom. The maximum absolute atomic E-state index is 12.9. The van der Waals surface area contributed by atoms with Gasteiger partial charge in [-0.2, -0.15) is 0 Å². The van der Waals surface area contributed by atoms with Crippen molar-refractivity contribution in [3.05, 3.63) is 71.7 Å². The lowest BCUT2D eigenvalue weighted by Gasteiger charge is -2.39. The zero-order chi connectivity index (χ0) is 23.7. The van der Waals surface area contributed by atoms with Crippen LogP contribution in [-0.2, 0) is 4.74 Å². The number of ether oxygens (including phenoxy) is 1. The van der Waals surface area contributed by atoms with Crippen LogP contribution in [0.5, 0.6) is 5.75 Å². The highest BCUT2D eigenvalue weighted by atomic mass is 16.5. The summed E-state index contributed by atoms with van der Waals surface area (Å²) in [5.74, 6) is -0.451. The molecule has 2 aromatic carbocycles. The van der Waals surface area contributed by atoms with Crippen molar-refractivity contribution in [1.82, 2.24) is 14.8 Å². The Bertz CT molecular complexity index is 1310. The van der Waals surface area contributed by atoms with Gasteiger partial charge in [-0.25, -0.2) is 4.79 Å². The number of likely N-dealkylation sites (N-methyl/N-ethyl adjacent to an activating group) is 1. The highest BCUT2D eigenvalue weighted by molar-refractivity contribution is 6.16. The van der Waals surface area contributed by atoms with Crippen LogP contribution in [0.2, 0.25) is 0 Å². The molecule has 3 N–H and O–H groups in total. The number of nitrogens with zero attached hydrogens (tertiary/aromatic N) is 3. The number of benzene rings is 2. The number of carbonyl (C=O) groups excluding carboxylic acids is 1. The van der Waals surface area contributed by atoms with Crippen LogP contribution < -0.4 is 5.73 Å². The van der Waals surface area contributed by atoms with Gasteiger partial charge in [0.15, 0.2) is 0 Å². The maximum atomic E-state index is 12.9. The first-order chi connectivity index (χ1) is 16.6. The van der Waals surface area contributed by atoms with Gasteiger partial charge in [-0.05, 0) is 24.2 Å². The first-order valence-electron chi connectivity index (χ1n) is 11.5. The molecule has 0 bridgehead atoms. The van der Waals surface area contributed by atoms with E-state index in [0.717, 1.165) is 43.7 Å². The summed E-state index contributed by atoms with van der Waals surface area (Å²) in [7, 11) is 0. The van der Waals surface area contributed by atoms with Crippen molar-refractivity contribution in [3.63, 3.8) is 0 Å². The molecule has 3 heterocycles. The van der Waals surface area contributed by atoms with E-state index in [2.05, 4.69) is 21.7 Å². The van der Waals surface area contributed by atoms with Gasteiger partial charge in [0.05, 0.1) is 6.04 Å². The minimum absolute atomic E-state index is 0.131. The Morgan fingerprint density at radius 2 is 1.85 bits per heavy atom. The smallest absolute Gasteiger partial charge is 0.343 e. The molecule has 34 heavy (non-hydrogen) atoms. The average molecular weight is 461 g/mol. The number of piperazine rings is 1. The lowest BCUT2D eigenvalue weighted by Crippen LogP contribution is -2.47. The first kappa shape index (κ1) is 22.3. The Kier molecular flexibility index (Phi) is 6.19. The fourth-order valence-corrected chi connectivity index (χ4v) is 4.99. The zero-order valence-electron chi connectivity index (χ0n) is 19.1. The monoisotopic (exact) mass is 460 g/mol. The van der Waals surface area contributed by atoms with Crippen molar-refractivity contribution in [2.24, 2.45) is 5.73 Å². The van der Waals surface area contributed by atoms with Gasteiger partial charge >= 0.3 is 5.97 Å². The van der Waals surface area contributed by atoms with E-state index in [4.69, 9.17) is 14.9 Å². The molecule has 1 unspecified atom stereocenters. The number of phenols is 1. The van der Waals surface area contributed by atoms with E-state index in [0.29, 0.717) is 21.9 Å².